The third-order valence-electron chi connectivity index (χ3n) is 1.25. The second kappa shape index (κ2) is 7.51. The van der Waals surface area contributed by atoms with Crippen LogP contribution in [0.15, 0.2) is 0 Å². The molecule has 0 aliphatic heterocycles. The number of urea groups is 1. The molecule has 0 aromatic carbocycles. The van der Waals surface area contributed by atoms with E-state index >= 15 is 0 Å². The highest BCUT2D eigenvalue weighted by Crippen LogP contribution is 1.76. The van der Waals surface area contributed by atoms with Crippen molar-refractivity contribution in [1.82, 2.24) is 10.6 Å². The molecule has 0 aromatic heterocycles. The molecule has 0 saturated carbocycles. The summed E-state index contributed by atoms with van der Waals surface area (Å²) in [5, 5.41) is 4.77. The lowest BCUT2D eigenvalue weighted by Gasteiger charge is -2.03. The van der Waals surface area contributed by atoms with Gasteiger partial charge in [-0.25, -0.2) is 4.79 Å². The molecule has 3 amide bonds. The van der Waals surface area contributed by atoms with Gasteiger partial charge in [0.1, 0.15) is 0 Å². The number of carbonyl (C=O) groups excluding carboxylic acids is 2. The quantitative estimate of drug-likeness (QED) is 0.458. The number of nitrogens with one attached hydrogen (secondary N) is 2. The third kappa shape index (κ3) is 8.77. The lowest BCUT2D eigenvalue weighted by molar-refractivity contribution is -0.119. The summed E-state index contributed by atoms with van der Waals surface area (Å²) >= 11 is 0. The van der Waals surface area contributed by atoms with Gasteiger partial charge in [-0.15, -0.1) is 0 Å². The summed E-state index contributed by atoms with van der Waals surface area (Å²) in [6.45, 7) is 1.40. The Morgan fingerprint density at radius 3 is 2.69 bits per heavy atom. The highest BCUT2D eigenvalue weighted by molar-refractivity contribution is 5.94. The van der Waals surface area contributed by atoms with Crippen LogP contribution in [-0.4, -0.2) is 38.7 Å². The number of amides is 3. The number of hydrogen-bond donors (Lipinski definition) is 3. The van der Waals surface area contributed by atoms with Crippen LogP contribution in [0.5, 0.6) is 0 Å². The highest BCUT2D eigenvalue weighted by atomic mass is 16.5. The van der Waals surface area contributed by atoms with Crippen LogP contribution in [0.1, 0.15) is 6.42 Å². The minimum Gasteiger partial charge on any atom is -0.385 e. The Morgan fingerprint density at radius 1 is 1.46 bits per heavy atom. The topological polar surface area (TPSA) is 93.4 Å². The molecule has 0 bridgehead atoms. The first-order valence-electron chi connectivity index (χ1n) is 3.95. The molecule has 0 unspecified atom stereocenters. The molecule has 0 saturated heterocycles. The monoisotopic (exact) mass is 189 g/mol. The molecule has 0 aliphatic carbocycles. The molecule has 0 spiro atoms. The van der Waals surface area contributed by atoms with Crippen molar-refractivity contribution in [3.05, 3.63) is 0 Å². The van der Waals surface area contributed by atoms with Gasteiger partial charge in [0.25, 0.3) is 0 Å². The van der Waals surface area contributed by atoms with Gasteiger partial charge in [-0.2, -0.15) is 0 Å². The van der Waals surface area contributed by atoms with Crippen molar-refractivity contribution in [2.75, 3.05) is 26.8 Å². The Balaban J connectivity index is 3.22. The molecule has 0 heterocycles. The van der Waals surface area contributed by atoms with Crippen LogP contribution in [0.3, 0.4) is 0 Å². The van der Waals surface area contributed by atoms with Crippen molar-refractivity contribution in [1.29, 1.82) is 0 Å². The fraction of sp³-hybridized carbons (Fsp3) is 0.714. The van der Waals surface area contributed by atoms with Crippen LogP contribution < -0.4 is 16.4 Å². The highest BCUT2D eigenvalue weighted by Gasteiger charge is 2.01. The van der Waals surface area contributed by atoms with E-state index in [0.29, 0.717) is 13.2 Å². The van der Waals surface area contributed by atoms with Gasteiger partial charge in [0.2, 0.25) is 5.91 Å². The van der Waals surface area contributed by atoms with Crippen LogP contribution in [0, 0.1) is 0 Å². The van der Waals surface area contributed by atoms with Gasteiger partial charge in [-0.1, -0.05) is 0 Å². The summed E-state index contributed by atoms with van der Waals surface area (Å²) in [4.78, 5) is 21.0. The van der Waals surface area contributed by atoms with E-state index in [1.807, 2.05) is 5.32 Å². The Bertz CT molecular complexity index is 172. The van der Waals surface area contributed by atoms with Crippen molar-refractivity contribution in [3.63, 3.8) is 0 Å². The van der Waals surface area contributed by atoms with Crippen LogP contribution >= 0.6 is 0 Å². The number of ether oxygens (including phenoxy) is 1. The average molecular weight is 189 g/mol. The lowest BCUT2D eigenvalue weighted by atomic mass is 10.4. The molecular weight excluding hydrogens is 174 g/mol. The molecule has 0 aromatic rings. The standard InChI is InChI=1S/C7H15N3O3/c1-13-4-2-3-9-5-6(11)10-7(8)12/h9H,2-5H2,1H3,(H3,8,10,11,12). The SMILES string of the molecule is COCCCNCC(=O)NC(N)=O. The van der Waals surface area contributed by atoms with E-state index < -0.39 is 11.9 Å². The minimum atomic E-state index is -0.830. The summed E-state index contributed by atoms with van der Waals surface area (Å²) < 4.78 is 4.80. The first-order chi connectivity index (χ1) is 6.16. The molecule has 13 heavy (non-hydrogen) atoms. The molecule has 6 heteroatoms. The van der Waals surface area contributed by atoms with Crippen LogP contribution in [-0.2, 0) is 9.53 Å². The molecule has 0 aliphatic rings. The van der Waals surface area contributed by atoms with Gasteiger partial charge >= 0.3 is 6.03 Å². The van der Waals surface area contributed by atoms with E-state index in [-0.39, 0.29) is 6.54 Å². The van der Waals surface area contributed by atoms with Crippen molar-refractivity contribution >= 4 is 11.9 Å². The van der Waals surface area contributed by atoms with Gasteiger partial charge in [0, 0.05) is 13.7 Å². The minimum absolute atomic E-state index is 0.0899. The van der Waals surface area contributed by atoms with Crippen molar-refractivity contribution in [3.8, 4) is 0 Å². The van der Waals surface area contributed by atoms with E-state index in [1.165, 1.54) is 0 Å². The van der Waals surface area contributed by atoms with E-state index in [0.717, 1.165) is 6.42 Å². The van der Waals surface area contributed by atoms with Gasteiger partial charge in [-0.3, -0.25) is 10.1 Å². The van der Waals surface area contributed by atoms with E-state index in [2.05, 4.69) is 5.32 Å². The lowest BCUT2D eigenvalue weighted by Crippen LogP contribution is -2.40. The Kier molecular flexibility index (Phi) is 6.85. The number of methoxy groups -OCH3 is 1. The summed E-state index contributed by atoms with van der Waals surface area (Å²) in [5.41, 5.74) is 4.73. The fourth-order valence-electron chi connectivity index (χ4n) is 0.725. The Labute approximate surface area is 76.8 Å². The smallest absolute Gasteiger partial charge is 0.318 e. The van der Waals surface area contributed by atoms with Crippen molar-refractivity contribution in [2.45, 2.75) is 6.42 Å². The van der Waals surface area contributed by atoms with E-state index in [1.54, 1.807) is 7.11 Å². The zero-order valence-corrected chi connectivity index (χ0v) is 7.63. The second-order valence-electron chi connectivity index (χ2n) is 2.44. The van der Waals surface area contributed by atoms with Crippen LogP contribution in [0.25, 0.3) is 0 Å². The summed E-state index contributed by atoms with van der Waals surface area (Å²) in [5.74, 6) is -0.426. The molecule has 0 fully saturated rings. The fourth-order valence-corrected chi connectivity index (χ4v) is 0.725. The number of primary amides is 1. The van der Waals surface area contributed by atoms with Crippen molar-refractivity contribution < 1.29 is 14.3 Å². The number of nitrogens with two attached hydrogens (primary N) is 1. The zero-order chi connectivity index (χ0) is 10.1. The normalized spacial score (nSPS) is 9.62. The number of hydrogen-bond acceptors (Lipinski definition) is 4. The molecular formula is C7H15N3O3. The maximum atomic E-state index is 10.8. The Hall–Kier alpha value is -1.14. The predicted molar refractivity (Wildman–Crippen MR) is 47.1 cm³/mol. The molecule has 76 valence electrons. The van der Waals surface area contributed by atoms with Crippen LogP contribution in [0.4, 0.5) is 4.79 Å². The Morgan fingerprint density at radius 2 is 2.15 bits per heavy atom. The van der Waals surface area contributed by atoms with Gasteiger partial charge in [0.15, 0.2) is 0 Å². The first-order valence-corrected chi connectivity index (χ1v) is 3.95. The van der Waals surface area contributed by atoms with Gasteiger partial charge in [-0.05, 0) is 13.0 Å². The second-order valence-corrected chi connectivity index (χ2v) is 2.44. The van der Waals surface area contributed by atoms with Crippen LogP contribution in [0.2, 0.25) is 0 Å². The average Bonchev–Trinajstić information content (AvgIpc) is 2.02. The summed E-state index contributed by atoms with van der Waals surface area (Å²) in [6.07, 6.45) is 0.820. The molecule has 0 radical (unpaired) electrons. The molecule has 0 rings (SSSR count). The largest absolute Gasteiger partial charge is 0.385 e. The van der Waals surface area contributed by atoms with Gasteiger partial charge in [0.05, 0.1) is 6.54 Å². The molecule has 0 atom stereocenters. The number of imide groups is 1. The first kappa shape index (κ1) is 11.9. The van der Waals surface area contributed by atoms with Gasteiger partial charge < -0.3 is 15.8 Å². The van der Waals surface area contributed by atoms with Crippen molar-refractivity contribution in [2.24, 2.45) is 5.73 Å². The van der Waals surface area contributed by atoms with E-state index in [4.69, 9.17) is 10.5 Å². The number of carbonyl (C=O) groups is 2. The maximum Gasteiger partial charge on any atom is 0.318 e. The number of rotatable bonds is 6. The predicted octanol–water partition coefficient (Wildman–Crippen LogP) is -1.19. The summed E-state index contributed by atoms with van der Waals surface area (Å²) in [7, 11) is 1.61. The molecule has 6 nitrogen and oxygen atoms in total. The molecule has 4 N–H and O–H groups in total. The third-order valence-corrected chi connectivity index (χ3v) is 1.25. The maximum absolute atomic E-state index is 10.8. The zero-order valence-electron chi connectivity index (χ0n) is 7.63. The summed E-state index contributed by atoms with van der Waals surface area (Å²) in [6, 6.07) is -0.830. The van der Waals surface area contributed by atoms with E-state index in [9.17, 15) is 9.59 Å².